The summed E-state index contributed by atoms with van der Waals surface area (Å²) in [6.45, 7) is 12.5. The average Bonchev–Trinajstić information content (AvgIpc) is 2.82. The first kappa shape index (κ1) is 22.0. The molecule has 0 unspecified atom stereocenters. The van der Waals surface area contributed by atoms with Crippen molar-refractivity contribution in [1.29, 1.82) is 0 Å². The number of hydrogen-bond donors (Lipinski definition) is 2. The lowest BCUT2D eigenvalue weighted by molar-refractivity contribution is -0.117. The van der Waals surface area contributed by atoms with Gasteiger partial charge >= 0.3 is 6.03 Å². The molecule has 0 aromatic carbocycles. The molecule has 8 heteroatoms. The lowest BCUT2D eigenvalue weighted by Crippen LogP contribution is -2.51. The number of carbonyl (C=O) groups excluding carboxylic acids is 2. The van der Waals surface area contributed by atoms with Gasteiger partial charge in [-0.2, -0.15) is 5.10 Å². The Morgan fingerprint density at radius 1 is 1.23 bits per heavy atom. The van der Waals surface area contributed by atoms with E-state index in [1.165, 1.54) is 4.90 Å². The minimum atomic E-state index is -0.386. The largest absolute Gasteiger partial charge is 0.383 e. The van der Waals surface area contributed by atoms with Crippen molar-refractivity contribution in [1.82, 2.24) is 20.0 Å². The molecule has 0 fully saturated rings. The Kier molecular flexibility index (Phi) is 7.20. The standard InChI is InChI=1S/C18H33N5O3/c1-17(2,3)13-11-14(22(7)21-13)19-15(24)12-23(9-10-26-8)16(25)20-18(4,5)6/h11H,9-10,12H2,1-8H3,(H,19,24)(H,20,25). The molecule has 8 nitrogen and oxygen atoms in total. The highest BCUT2D eigenvalue weighted by Crippen LogP contribution is 2.23. The third-order valence-electron chi connectivity index (χ3n) is 3.58. The van der Waals surface area contributed by atoms with Gasteiger partial charge in [0.05, 0.1) is 12.3 Å². The fraction of sp³-hybridized carbons (Fsp3) is 0.722. The van der Waals surface area contributed by atoms with Gasteiger partial charge in [0.2, 0.25) is 5.91 Å². The van der Waals surface area contributed by atoms with E-state index in [2.05, 4.69) is 36.5 Å². The molecule has 26 heavy (non-hydrogen) atoms. The number of methoxy groups -OCH3 is 1. The number of aryl methyl sites for hydroxylation is 1. The quantitative estimate of drug-likeness (QED) is 0.806. The molecular formula is C18H33N5O3. The molecule has 0 aliphatic carbocycles. The molecule has 0 saturated carbocycles. The monoisotopic (exact) mass is 367 g/mol. The van der Waals surface area contributed by atoms with Crippen LogP contribution >= 0.6 is 0 Å². The number of aromatic nitrogens is 2. The van der Waals surface area contributed by atoms with Gasteiger partial charge in [-0.05, 0) is 20.8 Å². The normalized spacial score (nSPS) is 12.0. The highest BCUT2D eigenvalue weighted by Gasteiger charge is 2.23. The molecule has 2 N–H and O–H groups in total. The van der Waals surface area contributed by atoms with E-state index in [1.807, 2.05) is 26.8 Å². The Balaban J connectivity index is 2.80. The second kappa shape index (κ2) is 8.53. The van der Waals surface area contributed by atoms with Crippen LogP contribution in [0.25, 0.3) is 0 Å². The summed E-state index contributed by atoms with van der Waals surface area (Å²) in [4.78, 5) is 26.3. The average molecular weight is 367 g/mol. The summed E-state index contributed by atoms with van der Waals surface area (Å²) in [5.41, 5.74) is 0.386. The van der Waals surface area contributed by atoms with Crippen LogP contribution in [0.15, 0.2) is 6.07 Å². The predicted octanol–water partition coefficient (Wildman–Crippen LogP) is 2.11. The van der Waals surface area contributed by atoms with Crippen molar-refractivity contribution in [2.75, 3.05) is 32.1 Å². The zero-order valence-corrected chi connectivity index (χ0v) is 17.3. The first-order valence-electron chi connectivity index (χ1n) is 8.74. The second-order valence-corrected chi connectivity index (χ2v) is 8.43. The molecule has 0 aliphatic rings. The van der Waals surface area contributed by atoms with Gasteiger partial charge in [0.25, 0.3) is 0 Å². The van der Waals surface area contributed by atoms with Crippen LogP contribution in [-0.2, 0) is 22.0 Å². The summed E-state index contributed by atoms with van der Waals surface area (Å²) in [7, 11) is 3.34. The van der Waals surface area contributed by atoms with Crippen LogP contribution in [-0.4, -0.2) is 59.0 Å². The molecule has 0 saturated heterocycles. The molecule has 0 radical (unpaired) electrons. The van der Waals surface area contributed by atoms with Gasteiger partial charge in [-0.15, -0.1) is 0 Å². The van der Waals surface area contributed by atoms with Gasteiger partial charge in [-0.25, -0.2) is 4.79 Å². The number of urea groups is 1. The summed E-state index contributed by atoms with van der Waals surface area (Å²) >= 11 is 0. The Hall–Kier alpha value is -2.09. The van der Waals surface area contributed by atoms with Crippen LogP contribution in [0.2, 0.25) is 0 Å². The van der Waals surface area contributed by atoms with Gasteiger partial charge < -0.3 is 20.3 Å². The molecule has 0 spiro atoms. The highest BCUT2D eigenvalue weighted by atomic mass is 16.5. The number of ether oxygens (including phenoxy) is 1. The molecule has 0 aliphatic heterocycles. The van der Waals surface area contributed by atoms with E-state index in [0.717, 1.165) is 5.69 Å². The minimum Gasteiger partial charge on any atom is -0.383 e. The van der Waals surface area contributed by atoms with Crippen molar-refractivity contribution in [2.24, 2.45) is 7.05 Å². The number of hydrogen-bond acceptors (Lipinski definition) is 4. The first-order chi connectivity index (χ1) is 11.8. The Labute approximate surface area is 156 Å². The van der Waals surface area contributed by atoms with Crippen LogP contribution in [0.5, 0.6) is 0 Å². The minimum absolute atomic E-state index is 0.0682. The van der Waals surface area contributed by atoms with Crippen molar-refractivity contribution in [3.05, 3.63) is 11.8 Å². The lowest BCUT2D eigenvalue weighted by Gasteiger charge is -2.28. The van der Waals surface area contributed by atoms with E-state index >= 15 is 0 Å². The summed E-state index contributed by atoms with van der Waals surface area (Å²) < 4.78 is 6.68. The smallest absolute Gasteiger partial charge is 0.318 e. The highest BCUT2D eigenvalue weighted by molar-refractivity contribution is 5.93. The summed E-state index contributed by atoms with van der Waals surface area (Å²) in [6.07, 6.45) is 0. The van der Waals surface area contributed by atoms with Crippen LogP contribution in [0.1, 0.15) is 47.2 Å². The van der Waals surface area contributed by atoms with Crippen LogP contribution in [0.3, 0.4) is 0 Å². The fourth-order valence-corrected chi connectivity index (χ4v) is 2.16. The van der Waals surface area contributed by atoms with E-state index in [-0.39, 0.29) is 29.4 Å². The maximum absolute atomic E-state index is 12.5. The number of nitrogens with zero attached hydrogens (tertiary/aromatic N) is 3. The maximum Gasteiger partial charge on any atom is 0.318 e. The number of rotatable bonds is 6. The molecule has 0 atom stereocenters. The zero-order valence-electron chi connectivity index (χ0n) is 17.3. The fourth-order valence-electron chi connectivity index (χ4n) is 2.16. The number of carbonyl (C=O) groups is 2. The molecular weight excluding hydrogens is 334 g/mol. The lowest BCUT2D eigenvalue weighted by atomic mass is 9.92. The maximum atomic E-state index is 12.5. The second-order valence-electron chi connectivity index (χ2n) is 8.43. The van der Waals surface area contributed by atoms with Gasteiger partial charge in [0, 0.05) is 37.7 Å². The Bertz CT molecular complexity index is 626. The zero-order chi connectivity index (χ0) is 20.1. The number of nitrogens with one attached hydrogen (secondary N) is 2. The van der Waals surface area contributed by atoms with Gasteiger partial charge in [0.15, 0.2) is 0 Å². The molecule has 1 aromatic heterocycles. The molecule has 1 aromatic rings. The van der Waals surface area contributed by atoms with E-state index in [9.17, 15) is 9.59 Å². The third kappa shape index (κ3) is 7.03. The van der Waals surface area contributed by atoms with Gasteiger partial charge in [-0.1, -0.05) is 20.8 Å². The number of anilines is 1. The molecule has 148 valence electrons. The Morgan fingerprint density at radius 2 is 1.85 bits per heavy atom. The van der Waals surface area contributed by atoms with Crippen molar-refractivity contribution in [3.63, 3.8) is 0 Å². The Morgan fingerprint density at radius 3 is 2.31 bits per heavy atom. The summed E-state index contributed by atoms with van der Waals surface area (Å²) in [6, 6.07) is 1.55. The third-order valence-corrected chi connectivity index (χ3v) is 3.58. The van der Waals surface area contributed by atoms with Gasteiger partial charge in [-0.3, -0.25) is 9.48 Å². The van der Waals surface area contributed by atoms with E-state index in [4.69, 9.17) is 4.74 Å². The van der Waals surface area contributed by atoms with Crippen molar-refractivity contribution >= 4 is 17.8 Å². The van der Waals surface area contributed by atoms with E-state index in [1.54, 1.807) is 18.8 Å². The van der Waals surface area contributed by atoms with Crippen LogP contribution in [0.4, 0.5) is 10.6 Å². The van der Waals surface area contributed by atoms with Gasteiger partial charge in [0.1, 0.15) is 12.4 Å². The van der Waals surface area contributed by atoms with Crippen LogP contribution in [0, 0.1) is 0 Å². The molecule has 1 heterocycles. The topological polar surface area (TPSA) is 88.5 Å². The van der Waals surface area contributed by atoms with E-state index < -0.39 is 0 Å². The van der Waals surface area contributed by atoms with Crippen molar-refractivity contribution in [2.45, 2.75) is 52.5 Å². The molecule has 0 bridgehead atoms. The summed E-state index contributed by atoms with van der Waals surface area (Å²) in [5, 5.41) is 10.1. The summed E-state index contributed by atoms with van der Waals surface area (Å²) in [5.74, 6) is 0.316. The number of amides is 3. The van der Waals surface area contributed by atoms with Crippen LogP contribution < -0.4 is 10.6 Å². The van der Waals surface area contributed by atoms with Crippen molar-refractivity contribution in [3.8, 4) is 0 Å². The predicted molar refractivity (Wildman–Crippen MR) is 102 cm³/mol. The molecule has 1 rings (SSSR count). The van der Waals surface area contributed by atoms with Crippen molar-refractivity contribution < 1.29 is 14.3 Å². The molecule has 3 amide bonds. The van der Waals surface area contributed by atoms with E-state index in [0.29, 0.717) is 19.0 Å². The first-order valence-corrected chi connectivity index (χ1v) is 8.74. The SMILES string of the molecule is COCCN(CC(=O)Nc1cc(C(C)(C)C)nn1C)C(=O)NC(C)(C)C.